The molecule has 1 fully saturated rings. The van der Waals surface area contributed by atoms with Crippen molar-refractivity contribution in [3.05, 3.63) is 92.6 Å². The van der Waals surface area contributed by atoms with Gasteiger partial charge in [-0.2, -0.15) is 0 Å². The highest BCUT2D eigenvalue weighted by Crippen LogP contribution is 2.46. The summed E-state index contributed by atoms with van der Waals surface area (Å²) in [5.74, 6) is 1.42. The van der Waals surface area contributed by atoms with Gasteiger partial charge in [0.05, 0.1) is 10.8 Å². The Bertz CT molecular complexity index is 1170. The molecule has 1 aliphatic rings. The van der Waals surface area contributed by atoms with Crippen LogP contribution in [0.25, 0.3) is 21.9 Å². The Kier molecular flexibility index (Phi) is 3.71. The van der Waals surface area contributed by atoms with Crippen LogP contribution in [0.3, 0.4) is 0 Å². The Hall–Kier alpha value is -3.14. The molecule has 0 N–H and O–H groups in total. The van der Waals surface area contributed by atoms with E-state index in [4.69, 9.17) is 8.83 Å². The third-order valence-electron chi connectivity index (χ3n) is 5.55. The van der Waals surface area contributed by atoms with Crippen molar-refractivity contribution in [2.24, 2.45) is 0 Å². The molecule has 0 spiro atoms. The summed E-state index contributed by atoms with van der Waals surface area (Å²) in [6.45, 7) is 0. The van der Waals surface area contributed by atoms with Gasteiger partial charge in [0.15, 0.2) is 10.9 Å². The van der Waals surface area contributed by atoms with Crippen LogP contribution in [0.4, 0.5) is 0 Å². The first-order valence-electron chi connectivity index (χ1n) is 9.26. The van der Waals surface area contributed by atoms with Crippen molar-refractivity contribution in [2.75, 3.05) is 0 Å². The van der Waals surface area contributed by atoms with Crippen LogP contribution in [0.5, 0.6) is 0 Å². The number of benzene rings is 2. The van der Waals surface area contributed by atoms with Gasteiger partial charge in [-0.25, -0.2) is 0 Å². The SMILES string of the molecule is O=c1cc(C2CCCC2c2cc(=O)c3ccccc3o2)oc2ccccc12. The molecule has 2 aromatic carbocycles. The topological polar surface area (TPSA) is 60.4 Å². The Labute approximate surface area is 155 Å². The van der Waals surface area contributed by atoms with Gasteiger partial charge in [-0.15, -0.1) is 0 Å². The van der Waals surface area contributed by atoms with Crippen LogP contribution in [-0.2, 0) is 0 Å². The van der Waals surface area contributed by atoms with E-state index in [-0.39, 0.29) is 22.7 Å². The normalized spacial score (nSPS) is 19.7. The summed E-state index contributed by atoms with van der Waals surface area (Å²) in [5.41, 5.74) is 1.14. The molecule has 1 saturated carbocycles. The summed E-state index contributed by atoms with van der Waals surface area (Å²) in [6.07, 6.45) is 2.81. The molecule has 4 aromatic rings. The van der Waals surface area contributed by atoms with Gasteiger partial charge >= 0.3 is 0 Å². The van der Waals surface area contributed by atoms with Crippen LogP contribution >= 0.6 is 0 Å². The van der Waals surface area contributed by atoms with E-state index in [9.17, 15) is 9.59 Å². The quantitative estimate of drug-likeness (QED) is 0.509. The van der Waals surface area contributed by atoms with Gasteiger partial charge in [0, 0.05) is 24.0 Å². The summed E-state index contributed by atoms with van der Waals surface area (Å²) in [4.78, 5) is 25.0. The number of hydrogen-bond donors (Lipinski definition) is 0. The molecule has 1 aliphatic carbocycles. The van der Waals surface area contributed by atoms with Crippen LogP contribution in [0.15, 0.2) is 79.1 Å². The molecular formula is C23H18O4. The van der Waals surface area contributed by atoms with Crippen molar-refractivity contribution in [3.8, 4) is 0 Å². The Morgan fingerprint density at radius 2 is 1.11 bits per heavy atom. The summed E-state index contributed by atoms with van der Waals surface area (Å²) < 4.78 is 12.2. The van der Waals surface area contributed by atoms with Crippen LogP contribution in [-0.4, -0.2) is 0 Å². The third kappa shape index (κ3) is 2.69. The standard InChI is InChI=1S/C23H18O4/c24-18-12-22(26-20-10-3-1-6-16(18)20)14-8-5-9-15(14)23-13-19(25)17-7-2-4-11-21(17)27-23/h1-4,6-7,10-15H,5,8-9H2. The zero-order chi connectivity index (χ0) is 18.4. The lowest BCUT2D eigenvalue weighted by Gasteiger charge is -2.18. The second-order valence-corrected chi connectivity index (χ2v) is 7.16. The van der Waals surface area contributed by atoms with Crippen LogP contribution < -0.4 is 10.9 Å². The maximum atomic E-state index is 12.5. The first-order chi connectivity index (χ1) is 13.2. The van der Waals surface area contributed by atoms with Gasteiger partial charge in [-0.05, 0) is 37.1 Å². The number of hydrogen-bond acceptors (Lipinski definition) is 4. The first-order valence-corrected chi connectivity index (χ1v) is 9.26. The molecule has 0 bridgehead atoms. The van der Waals surface area contributed by atoms with E-state index in [1.54, 1.807) is 24.3 Å². The number of para-hydroxylation sites is 2. The van der Waals surface area contributed by atoms with Crippen molar-refractivity contribution in [1.29, 1.82) is 0 Å². The second-order valence-electron chi connectivity index (χ2n) is 7.16. The summed E-state index contributed by atoms with van der Waals surface area (Å²) in [6, 6.07) is 17.8. The van der Waals surface area contributed by atoms with Gasteiger partial charge in [0.1, 0.15) is 22.7 Å². The highest BCUT2D eigenvalue weighted by atomic mass is 16.3. The van der Waals surface area contributed by atoms with Gasteiger partial charge in [0.25, 0.3) is 0 Å². The summed E-state index contributed by atoms with van der Waals surface area (Å²) in [5, 5.41) is 1.18. The van der Waals surface area contributed by atoms with E-state index in [1.807, 2.05) is 36.4 Å². The van der Waals surface area contributed by atoms with E-state index >= 15 is 0 Å². The molecule has 2 aromatic heterocycles. The maximum absolute atomic E-state index is 12.5. The van der Waals surface area contributed by atoms with Crippen molar-refractivity contribution < 1.29 is 8.83 Å². The average molecular weight is 358 g/mol. The monoisotopic (exact) mass is 358 g/mol. The predicted octanol–water partition coefficient (Wildman–Crippen LogP) is 4.95. The zero-order valence-corrected chi connectivity index (χ0v) is 14.7. The fourth-order valence-electron chi connectivity index (χ4n) is 4.25. The van der Waals surface area contributed by atoms with Gasteiger partial charge < -0.3 is 8.83 Å². The molecule has 5 rings (SSSR count). The minimum atomic E-state index is -0.0301. The van der Waals surface area contributed by atoms with E-state index in [0.29, 0.717) is 33.5 Å². The van der Waals surface area contributed by atoms with E-state index in [2.05, 4.69) is 0 Å². The first kappa shape index (κ1) is 16.1. The molecule has 2 atom stereocenters. The highest BCUT2D eigenvalue weighted by Gasteiger charge is 2.34. The molecule has 134 valence electrons. The number of fused-ring (bicyclic) bond motifs is 2. The molecule has 0 amide bonds. The lowest BCUT2D eigenvalue weighted by molar-refractivity contribution is 0.411. The van der Waals surface area contributed by atoms with Gasteiger partial charge in [0.2, 0.25) is 0 Å². The summed E-state index contributed by atoms with van der Waals surface area (Å²) >= 11 is 0. The fraction of sp³-hybridized carbons (Fsp3) is 0.217. The highest BCUT2D eigenvalue weighted by molar-refractivity contribution is 5.77. The molecule has 4 heteroatoms. The van der Waals surface area contributed by atoms with Crippen molar-refractivity contribution in [3.63, 3.8) is 0 Å². The Balaban J connectivity index is 1.62. The van der Waals surface area contributed by atoms with Crippen LogP contribution in [0.1, 0.15) is 42.6 Å². The van der Waals surface area contributed by atoms with Crippen molar-refractivity contribution in [2.45, 2.75) is 31.1 Å². The van der Waals surface area contributed by atoms with E-state index in [1.165, 1.54) is 0 Å². The largest absolute Gasteiger partial charge is 0.460 e. The van der Waals surface area contributed by atoms with E-state index < -0.39 is 0 Å². The van der Waals surface area contributed by atoms with Crippen molar-refractivity contribution in [1.82, 2.24) is 0 Å². The van der Waals surface area contributed by atoms with Gasteiger partial charge in [-0.1, -0.05) is 30.7 Å². The van der Waals surface area contributed by atoms with Gasteiger partial charge in [-0.3, -0.25) is 9.59 Å². The Morgan fingerprint density at radius 3 is 1.59 bits per heavy atom. The molecule has 4 nitrogen and oxygen atoms in total. The minimum absolute atomic E-state index is 0.0301. The maximum Gasteiger partial charge on any atom is 0.192 e. The predicted molar refractivity (Wildman–Crippen MR) is 104 cm³/mol. The molecule has 2 heterocycles. The molecular weight excluding hydrogens is 340 g/mol. The lowest BCUT2D eigenvalue weighted by atomic mass is 9.90. The molecule has 0 radical (unpaired) electrons. The summed E-state index contributed by atoms with van der Waals surface area (Å²) in [7, 11) is 0. The smallest absolute Gasteiger partial charge is 0.192 e. The molecule has 27 heavy (non-hydrogen) atoms. The van der Waals surface area contributed by atoms with Crippen LogP contribution in [0, 0.1) is 0 Å². The Morgan fingerprint density at radius 1 is 0.667 bits per heavy atom. The second kappa shape index (κ2) is 6.23. The van der Waals surface area contributed by atoms with Crippen LogP contribution in [0.2, 0.25) is 0 Å². The third-order valence-corrected chi connectivity index (χ3v) is 5.55. The lowest BCUT2D eigenvalue weighted by Crippen LogP contribution is -2.11. The number of rotatable bonds is 2. The van der Waals surface area contributed by atoms with Crippen molar-refractivity contribution >= 4 is 21.9 Å². The zero-order valence-electron chi connectivity index (χ0n) is 14.7. The molecule has 0 saturated heterocycles. The fourth-order valence-corrected chi connectivity index (χ4v) is 4.25. The van der Waals surface area contributed by atoms with E-state index in [0.717, 1.165) is 19.3 Å². The molecule has 0 aliphatic heterocycles. The molecule has 2 unspecified atom stereocenters. The average Bonchev–Trinajstić information content (AvgIpc) is 3.18. The minimum Gasteiger partial charge on any atom is -0.460 e.